The molecule has 108 valence electrons. The molecule has 0 fully saturated rings. The van der Waals surface area contributed by atoms with Crippen molar-refractivity contribution in [2.45, 2.75) is 6.54 Å². The van der Waals surface area contributed by atoms with Crippen LogP contribution in [0.25, 0.3) is 11.0 Å². The fourth-order valence-corrected chi connectivity index (χ4v) is 2.31. The minimum absolute atomic E-state index is 0.239. The summed E-state index contributed by atoms with van der Waals surface area (Å²) in [5.74, 6) is 0.753. The van der Waals surface area contributed by atoms with Crippen molar-refractivity contribution >= 4 is 16.7 Å². The van der Waals surface area contributed by atoms with Gasteiger partial charge in [-0.05, 0) is 24.3 Å². The first-order valence-corrected chi connectivity index (χ1v) is 6.67. The van der Waals surface area contributed by atoms with E-state index in [0.717, 1.165) is 16.9 Å². The molecule has 0 aliphatic carbocycles. The van der Waals surface area contributed by atoms with Gasteiger partial charge in [0.15, 0.2) is 11.6 Å². The molecule has 0 saturated heterocycles. The number of aryl methyl sites for hydroxylation is 1. The summed E-state index contributed by atoms with van der Waals surface area (Å²) in [6.45, 7) is 0.525. The van der Waals surface area contributed by atoms with Crippen molar-refractivity contribution in [2.75, 3.05) is 12.4 Å². The largest absolute Gasteiger partial charge is 0.494 e. The molecule has 21 heavy (non-hydrogen) atoms. The predicted molar refractivity (Wildman–Crippen MR) is 81.0 cm³/mol. The predicted octanol–water partition coefficient (Wildman–Crippen LogP) is 3.33. The lowest BCUT2D eigenvalue weighted by molar-refractivity contribution is 0.386. The average molecular weight is 285 g/mol. The van der Waals surface area contributed by atoms with Crippen molar-refractivity contribution in [1.82, 2.24) is 9.55 Å². The zero-order chi connectivity index (χ0) is 14.8. The van der Waals surface area contributed by atoms with Gasteiger partial charge in [0.05, 0.1) is 24.7 Å². The van der Waals surface area contributed by atoms with E-state index in [1.54, 1.807) is 12.1 Å². The molecule has 0 saturated carbocycles. The monoisotopic (exact) mass is 285 g/mol. The Labute approximate surface area is 122 Å². The molecule has 0 unspecified atom stereocenters. The van der Waals surface area contributed by atoms with Crippen molar-refractivity contribution in [3.05, 3.63) is 54.1 Å². The number of fused-ring (bicyclic) bond motifs is 1. The highest BCUT2D eigenvalue weighted by molar-refractivity contribution is 5.75. The maximum absolute atomic E-state index is 13.6. The van der Waals surface area contributed by atoms with E-state index >= 15 is 0 Å². The number of methoxy groups -OCH3 is 1. The van der Waals surface area contributed by atoms with E-state index in [1.807, 2.05) is 35.9 Å². The van der Waals surface area contributed by atoms with Gasteiger partial charge < -0.3 is 14.6 Å². The Morgan fingerprint density at radius 3 is 2.76 bits per heavy atom. The van der Waals surface area contributed by atoms with Gasteiger partial charge in [-0.1, -0.05) is 12.1 Å². The van der Waals surface area contributed by atoms with E-state index in [0.29, 0.717) is 12.2 Å². The van der Waals surface area contributed by atoms with Crippen LogP contribution < -0.4 is 10.1 Å². The number of rotatable bonds is 4. The summed E-state index contributed by atoms with van der Waals surface area (Å²) in [5, 5.41) is 3.18. The third kappa shape index (κ3) is 2.54. The number of nitrogens with one attached hydrogen (secondary N) is 1. The quantitative estimate of drug-likeness (QED) is 0.799. The van der Waals surface area contributed by atoms with E-state index in [-0.39, 0.29) is 11.6 Å². The molecule has 1 heterocycles. The maximum Gasteiger partial charge on any atom is 0.167 e. The Hall–Kier alpha value is -2.56. The normalized spacial score (nSPS) is 10.8. The standard InChI is InChI=1S/C16H16FN3O/c1-20-14-6-4-3-5-13(14)19-16(20)10-18-11-7-8-15(21-2)12(17)9-11/h3-9,18H,10H2,1-2H3. The van der Waals surface area contributed by atoms with Crippen LogP contribution in [0, 0.1) is 5.82 Å². The highest BCUT2D eigenvalue weighted by Gasteiger charge is 2.08. The summed E-state index contributed by atoms with van der Waals surface area (Å²) in [6, 6.07) is 12.8. The Morgan fingerprint density at radius 2 is 2.05 bits per heavy atom. The fourth-order valence-electron chi connectivity index (χ4n) is 2.31. The molecular formula is C16H16FN3O. The number of aromatic nitrogens is 2. The first-order valence-electron chi connectivity index (χ1n) is 6.67. The summed E-state index contributed by atoms with van der Waals surface area (Å²) < 4.78 is 20.6. The van der Waals surface area contributed by atoms with Crippen molar-refractivity contribution < 1.29 is 9.13 Å². The van der Waals surface area contributed by atoms with Gasteiger partial charge in [-0.3, -0.25) is 0 Å². The topological polar surface area (TPSA) is 39.1 Å². The van der Waals surface area contributed by atoms with Gasteiger partial charge in [0.2, 0.25) is 0 Å². The van der Waals surface area contributed by atoms with Crippen LogP contribution in [0.15, 0.2) is 42.5 Å². The number of halogens is 1. The number of hydrogen-bond acceptors (Lipinski definition) is 3. The van der Waals surface area contributed by atoms with Crippen LogP contribution in [0.1, 0.15) is 5.82 Å². The number of nitrogens with zero attached hydrogens (tertiary/aromatic N) is 2. The first kappa shape index (κ1) is 13.4. The van der Waals surface area contributed by atoms with Crippen LogP contribution in [0.5, 0.6) is 5.75 Å². The van der Waals surface area contributed by atoms with E-state index in [4.69, 9.17) is 4.74 Å². The van der Waals surface area contributed by atoms with E-state index in [1.165, 1.54) is 13.2 Å². The molecule has 4 nitrogen and oxygen atoms in total. The van der Waals surface area contributed by atoms with E-state index in [2.05, 4.69) is 10.3 Å². The van der Waals surface area contributed by atoms with Crippen molar-refractivity contribution in [3.8, 4) is 5.75 Å². The summed E-state index contributed by atoms with van der Waals surface area (Å²) in [6.07, 6.45) is 0. The third-order valence-electron chi connectivity index (χ3n) is 3.48. The van der Waals surface area contributed by atoms with E-state index in [9.17, 15) is 4.39 Å². The molecule has 0 atom stereocenters. The molecule has 0 radical (unpaired) electrons. The van der Waals surface area contributed by atoms with Crippen LogP contribution in [0.2, 0.25) is 0 Å². The number of hydrogen-bond donors (Lipinski definition) is 1. The lowest BCUT2D eigenvalue weighted by Gasteiger charge is -2.08. The zero-order valence-electron chi connectivity index (χ0n) is 11.9. The molecular weight excluding hydrogens is 269 g/mol. The summed E-state index contributed by atoms with van der Waals surface area (Å²) in [4.78, 5) is 4.57. The Balaban J connectivity index is 1.80. The number of imidazole rings is 1. The fraction of sp³-hybridized carbons (Fsp3) is 0.188. The van der Waals surface area contributed by atoms with E-state index < -0.39 is 0 Å². The molecule has 1 N–H and O–H groups in total. The molecule has 2 aromatic carbocycles. The van der Waals surface area contributed by atoms with Crippen molar-refractivity contribution in [3.63, 3.8) is 0 Å². The van der Waals surface area contributed by atoms with Gasteiger partial charge in [0.25, 0.3) is 0 Å². The molecule has 1 aromatic heterocycles. The maximum atomic E-state index is 13.6. The van der Waals surface area contributed by atoms with Crippen LogP contribution >= 0.6 is 0 Å². The van der Waals surface area contributed by atoms with Gasteiger partial charge in [0.1, 0.15) is 5.82 Å². The van der Waals surface area contributed by atoms with Crippen molar-refractivity contribution in [2.24, 2.45) is 7.05 Å². The van der Waals surface area contributed by atoms with Gasteiger partial charge in [0, 0.05) is 18.8 Å². The molecule has 0 aliphatic heterocycles. The zero-order valence-corrected chi connectivity index (χ0v) is 11.9. The Kier molecular flexibility index (Phi) is 3.48. The highest BCUT2D eigenvalue weighted by atomic mass is 19.1. The number of benzene rings is 2. The highest BCUT2D eigenvalue weighted by Crippen LogP contribution is 2.21. The molecule has 0 amide bonds. The van der Waals surface area contributed by atoms with Crippen LogP contribution in [-0.2, 0) is 13.6 Å². The van der Waals surface area contributed by atoms with Crippen LogP contribution in [0.4, 0.5) is 10.1 Å². The molecule has 3 rings (SSSR count). The molecule has 3 aromatic rings. The average Bonchev–Trinajstić information content (AvgIpc) is 2.82. The van der Waals surface area contributed by atoms with Crippen LogP contribution in [-0.4, -0.2) is 16.7 Å². The first-order chi connectivity index (χ1) is 10.2. The third-order valence-corrected chi connectivity index (χ3v) is 3.48. The van der Waals surface area contributed by atoms with Gasteiger partial charge in [-0.2, -0.15) is 0 Å². The minimum atomic E-state index is -0.382. The number of ether oxygens (including phenoxy) is 1. The summed E-state index contributed by atoms with van der Waals surface area (Å²) in [5.41, 5.74) is 2.73. The number of anilines is 1. The Morgan fingerprint density at radius 1 is 1.24 bits per heavy atom. The lowest BCUT2D eigenvalue weighted by Crippen LogP contribution is -2.06. The van der Waals surface area contributed by atoms with Gasteiger partial charge in [-0.25, -0.2) is 9.37 Å². The smallest absolute Gasteiger partial charge is 0.167 e. The van der Waals surface area contributed by atoms with Crippen molar-refractivity contribution in [1.29, 1.82) is 0 Å². The molecule has 0 bridgehead atoms. The lowest BCUT2D eigenvalue weighted by atomic mass is 10.3. The second kappa shape index (κ2) is 5.44. The molecule has 5 heteroatoms. The van der Waals surface area contributed by atoms with Gasteiger partial charge >= 0.3 is 0 Å². The minimum Gasteiger partial charge on any atom is -0.494 e. The van der Waals surface area contributed by atoms with Gasteiger partial charge in [-0.15, -0.1) is 0 Å². The molecule has 0 aliphatic rings. The second-order valence-corrected chi connectivity index (χ2v) is 4.78. The molecule has 0 spiro atoms. The number of para-hydroxylation sites is 2. The SMILES string of the molecule is COc1ccc(NCc2nc3ccccc3n2C)cc1F. The van der Waals surface area contributed by atoms with Crippen LogP contribution in [0.3, 0.4) is 0 Å². The summed E-state index contributed by atoms with van der Waals surface area (Å²) >= 11 is 0. The Bertz CT molecular complexity index is 782. The second-order valence-electron chi connectivity index (χ2n) is 4.78. The summed E-state index contributed by atoms with van der Waals surface area (Å²) in [7, 11) is 3.42.